The van der Waals surface area contributed by atoms with Gasteiger partial charge in [0.1, 0.15) is 11.0 Å². The van der Waals surface area contributed by atoms with Crippen LogP contribution >= 0.6 is 0 Å². The van der Waals surface area contributed by atoms with Gasteiger partial charge in [-0.15, -0.1) is 5.10 Å². The van der Waals surface area contributed by atoms with Gasteiger partial charge in [0.05, 0.1) is 42.8 Å². The number of hydrazine groups is 1. The van der Waals surface area contributed by atoms with Crippen LogP contribution in [0.1, 0.15) is 51.2 Å². The smallest absolute Gasteiger partial charge is 0.410 e. The number of amides is 1. The van der Waals surface area contributed by atoms with Gasteiger partial charge in [-0.25, -0.2) is 15.3 Å². The largest absolute Gasteiger partial charge is 0.444 e. The fraction of sp³-hybridized carbons (Fsp3) is 0.400. The van der Waals surface area contributed by atoms with Crippen LogP contribution in [0.3, 0.4) is 0 Å². The van der Waals surface area contributed by atoms with Crippen LogP contribution in [0.4, 0.5) is 16.3 Å². The van der Waals surface area contributed by atoms with E-state index >= 15 is 0 Å². The number of anilines is 2. The molecule has 1 aliphatic heterocycles. The van der Waals surface area contributed by atoms with Crippen molar-refractivity contribution in [1.82, 2.24) is 39.7 Å². The number of nitrogens with zero attached hydrogens (tertiary/aromatic N) is 8. The average Bonchev–Trinajstić information content (AvgIpc) is 3.61. The Bertz CT molecular complexity index is 1770. The Hall–Kier alpha value is -5.36. The standard InChI is InChI=1S/C30H38N12O3/c1-29(2,3)45-28(44)39-12-6-30(5-8-31,7-13-39)42-24-4-10-34-27(43)25(24)26(37-42)36-23-17-21(19-40(33)14-9-32)16-22(18-23)20-41-15-11-35-38-41/h4,9-11,14-18H,5-7,12-13,19-20,32-33H2,1-3H3,(H,34,43)(H,36,37)/b14-9-. The van der Waals surface area contributed by atoms with E-state index in [0.717, 1.165) is 11.1 Å². The molecule has 236 valence electrons. The molecule has 5 rings (SSSR count). The number of rotatable bonds is 9. The average molecular weight is 615 g/mol. The summed E-state index contributed by atoms with van der Waals surface area (Å²) in [6.45, 7) is 7.06. The van der Waals surface area contributed by atoms with Crippen molar-refractivity contribution in [3.05, 3.63) is 76.7 Å². The zero-order chi connectivity index (χ0) is 32.2. The molecule has 1 fully saturated rings. The molecule has 0 unspecified atom stereocenters. The third-order valence-corrected chi connectivity index (χ3v) is 7.58. The highest BCUT2D eigenvalue weighted by atomic mass is 16.6. The van der Waals surface area contributed by atoms with Gasteiger partial charge in [0.25, 0.3) is 5.56 Å². The summed E-state index contributed by atoms with van der Waals surface area (Å²) in [6, 6.07) is 9.96. The molecule has 0 spiro atoms. The molecule has 0 radical (unpaired) electrons. The number of fused-ring (bicyclic) bond motifs is 1. The second kappa shape index (κ2) is 12.7. The van der Waals surface area contributed by atoms with Crippen molar-refractivity contribution in [2.24, 2.45) is 11.6 Å². The quantitative estimate of drug-likeness (QED) is 0.159. The molecule has 1 saturated heterocycles. The Morgan fingerprint density at radius 1 is 1.27 bits per heavy atom. The molecule has 0 atom stereocenters. The number of piperidine rings is 1. The van der Waals surface area contributed by atoms with E-state index in [1.165, 1.54) is 11.2 Å². The topological polar surface area (TPSA) is 202 Å². The Kier molecular flexibility index (Phi) is 8.77. The lowest BCUT2D eigenvalue weighted by atomic mass is 9.85. The zero-order valence-electron chi connectivity index (χ0n) is 25.6. The van der Waals surface area contributed by atoms with Gasteiger partial charge in [0.15, 0.2) is 5.82 Å². The van der Waals surface area contributed by atoms with Gasteiger partial charge in [-0.1, -0.05) is 11.3 Å². The van der Waals surface area contributed by atoms with Crippen LogP contribution in [0.2, 0.25) is 0 Å². The van der Waals surface area contributed by atoms with Crippen molar-refractivity contribution in [3.8, 4) is 6.07 Å². The first-order chi connectivity index (χ1) is 21.5. The predicted octanol–water partition coefficient (Wildman–Crippen LogP) is 2.85. The molecule has 45 heavy (non-hydrogen) atoms. The van der Waals surface area contributed by atoms with Gasteiger partial charge in [-0.2, -0.15) is 10.4 Å². The van der Waals surface area contributed by atoms with Gasteiger partial charge < -0.3 is 30.7 Å². The summed E-state index contributed by atoms with van der Waals surface area (Å²) in [4.78, 5) is 30.4. The first-order valence-corrected chi connectivity index (χ1v) is 14.6. The normalized spacial score (nSPS) is 14.9. The molecule has 0 saturated carbocycles. The highest BCUT2D eigenvalue weighted by Gasteiger charge is 2.41. The maximum atomic E-state index is 13.2. The highest BCUT2D eigenvalue weighted by Crippen LogP contribution is 2.38. The van der Waals surface area contributed by atoms with Crippen LogP contribution in [0.15, 0.2) is 60.1 Å². The Morgan fingerprint density at radius 3 is 2.69 bits per heavy atom. The maximum Gasteiger partial charge on any atom is 0.410 e. The van der Waals surface area contributed by atoms with Gasteiger partial charge in [0.2, 0.25) is 0 Å². The van der Waals surface area contributed by atoms with Gasteiger partial charge in [0, 0.05) is 43.6 Å². The summed E-state index contributed by atoms with van der Waals surface area (Å²) in [5.41, 5.74) is 6.90. The van der Waals surface area contributed by atoms with Crippen molar-refractivity contribution < 1.29 is 9.53 Å². The molecular formula is C30H38N12O3. The molecule has 4 heterocycles. The maximum absolute atomic E-state index is 13.2. The number of nitrogens with one attached hydrogen (secondary N) is 2. The van der Waals surface area contributed by atoms with Gasteiger partial charge >= 0.3 is 6.09 Å². The van der Waals surface area contributed by atoms with Crippen LogP contribution in [0.25, 0.3) is 10.9 Å². The Balaban J connectivity index is 1.51. The number of carbonyl (C=O) groups excluding carboxylic acids is 1. The highest BCUT2D eigenvalue weighted by molar-refractivity contribution is 5.91. The number of hydrogen-bond donors (Lipinski definition) is 4. The molecule has 3 aromatic heterocycles. The number of carbonyl (C=O) groups is 1. The predicted molar refractivity (Wildman–Crippen MR) is 168 cm³/mol. The zero-order valence-corrected chi connectivity index (χ0v) is 25.6. The lowest BCUT2D eigenvalue weighted by molar-refractivity contribution is 0.0110. The molecular weight excluding hydrogens is 576 g/mol. The van der Waals surface area contributed by atoms with E-state index in [2.05, 4.69) is 26.7 Å². The number of hydrogen-bond acceptors (Lipinski definition) is 11. The van der Waals surface area contributed by atoms with E-state index < -0.39 is 17.2 Å². The summed E-state index contributed by atoms with van der Waals surface area (Å²) in [5.74, 6) is 6.43. The van der Waals surface area contributed by atoms with E-state index in [1.54, 1.807) is 45.1 Å². The first-order valence-electron chi connectivity index (χ1n) is 14.6. The van der Waals surface area contributed by atoms with Crippen molar-refractivity contribution in [1.29, 1.82) is 5.26 Å². The molecule has 1 aliphatic rings. The van der Waals surface area contributed by atoms with Gasteiger partial charge in [-0.3, -0.25) is 9.48 Å². The van der Waals surface area contributed by atoms with Crippen LogP contribution < -0.4 is 22.5 Å². The van der Waals surface area contributed by atoms with E-state index in [0.29, 0.717) is 61.4 Å². The molecule has 0 bridgehead atoms. The molecule has 15 heteroatoms. The minimum Gasteiger partial charge on any atom is -0.444 e. The second-order valence-electron chi connectivity index (χ2n) is 12.1. The molecule has 15 nitrogen and oxygen atoms in total. The van der Waals surface area contributed by atoms with Gasteiger partial charge in [-0.05, 0) is 62.9 Å². The monoisotopic (exact) mass is 614 g/mol. The van der Waals surface area contributed by atoms with Crippen LogP contribution in [-0.2, 0) is 23.4 Å². The summed E-state index contributed by atoms with van der Waals surface area (Å²) < 4.78 is 9.05. The molecule has 1 aromatic carbocycles. The second-order valence-corrected chi connectivity index (χ2v) is 12.1. The number of aromatic amines is 1. The summed E-state index contributed by atoms with van der Waals surface area (Å²) in [6.07, 6.45) is 8.55. The molecule has 0 aliphatic carbocycles. The van der Waals surface area contributed by atoms with E-state index in [9.17, 15) is 14.9 Å². The van der Waals surface area contributed by atoms with Crippen molar-refractivity contribution in [3.63, 3.8) is 0 Å². The van der Waals surface area contributed by atoms with Crippen LogP contribution in [0, 0.1) is 11.3 Å². The minimum atomic E-state index is -0.742. The van der Waals surface area contributed by atoms with E-state index in [4.69, 9.17) is 21.4 Å². The fourth-order valence-corrected chi connectivity index (χ4v) is 5.60. The number of ether oxygens (including phenoxy) is 1. The number of nitrogens with two attached hydrogens (primary N) is 2. The summed E-state index contributed by atoms with van der Waals surface area (Å²) in [7, 11) is 0. The first kappa shape index (κ1) is 31.1. The third kappa shape index (κ3) is 7.07. The van der Waals surface area contributed by atoms with Crippen molar-refractivity contribution in [2.75, 3.05) is 18.4 Å². The van der Waals surface area contributed by atoms with Crippen LogP contribution in [-0.4, -0.2) is 64.5 Å². The number of H-pyrrole nitrogens is 1. The summed E-state index contributed by atoms with van der Waals surface area (Å²) >= 11 is 0. The molecule has 4 aromatic rings. The molecule has 1 amide bonds. The Labute approximate surface area is 260 Å². The lowest BCUT2D eigenvalue weighted by Crippen LogP contribution is -2.49. The minimum absolute atomic E-state index is 0.150. The Morgan fingerprint density at radius 2 is 2.02 bits per heavy atom. The number of nitriles is 1. The third-order valence-electron chi connectivity index (χ3n) is 7.58. The van der Waals surface area contributed by atoms with Crippen molar-refractivity contribution >= 4 is 28.5 Å². The van der Waals surface area contributed by atoms with E-state index in [-0.39, 0.29) is 12.0 Å². The van der Waals surface area contributed by atoms with Crippen LogP contribution in [0.5, 0.6) is 0 Å². The fourth-order valence-electron chi connectivity index (χ4n) is 5.60. The number of aromatic nitrogens is 6. The number of likely N-dealkylation sites (tertiary alicyclic amines) is 1. The molecule has 6 N–H and O–H groups in total. The SMILES string of the molecule is CC(C)(C)OC(=O)N1CCC(CC#N)(n2nc(Nc3cc(CN(N)/C=C\N)cc(Cn4ccnn4)c3)c3c(=O)[nH]ccc32)CC1. The number of benzene rings is 1. The van der Waals surface area contributed by atoms with E-state index in [1.807, 2.05) is 39.0 Å². The lowest BCUT2D eigenvalue weighted by Gasteiger charge is -2.41. The summed E-state index contributed by atoms with van der Waals surface area (Å²) in [5, 5.41) is 28.0. The van der Waals surface area contributed by atoms with Crippen molar-refractivity contribution in [2.45, 2.75) is 64.3 Å². The number of pyridine rings is 1.